The molecule has 0 amide bonds. The maximum atomic E-state index is 10.8. The largest absolute Gasteiger partial charge is 0.288 e. The molecule has 0 bridgehead atoms. The summed E-state index contributed by atoms with van der Waals surface area (Å²) in [6.45, 7) is 2.04. The summed E-state index contributed by atoms with van der Waals surface area (Å²) in [4.78, 5) is 11.5. The quantitative estimate of drug-likeness (QED) is 0.460. The molecule has 0 radical (unpaired) electrons. The minimum atomic E-state index is -0.456. The lowest BCUT2D eigenvalue weighted by molar-refractivity contribution is -0.384. The second-order valence-electron chi connectivity index (χ2n) is 4.14. The fraction of sp³-hybridized carbons (Fsp3) is 0.143. The van der Waals surface area contributed by atoms with Crippen LogP contribution in [0.3, 0.4) is 0 Å². The molecule has 0 fully saturated rings. The van der Waals surface area contributed by atoms with E-state index >= 15 is 0 Å². The van der Waals surface area contributed by atoms with Crippen molar-refractivity contribution < 1.29 is 4.92 Å². The van der Waals surface area contributed by atoms with Crippen LogP contribution in [0.5, 0.6) is 0 Å². The van der Waals surface area contributed by atoms with Gasteiger partial charge in [-0.25, -0.2) is 0 Å². The molecule has 98 valence electrons. The Morgan fingerprint density at radius 1 is 1.21 bits per heavy atom. The summed E-state index contributed by atoms with van der Waals surface area (Å²) in [6, 6.07) is 13.1. The van der Waals surface area contributed by atoms with E-state index in [2.05, 4.69) is 0 Å². The third kappa shape index (κ3) is 3.72. The Bertz CT molecular complexity index is 599. The van der Waals surface area contributed by atoms with Crippen molar-refractivity contribution in [3.8, 4) is 0 Å². The Balaban J connectivity index is 2.09. The van der Waals surface area contributed by atoms with E-state index in [0.29, 0.717) is 5.75 Å². The van der Waals surface area contributed by atoms with Crippen LogP contribution < -0.4 is 0 Å². The first-order chi connectivity index (χ1) is 9.06. The lowest BCUT2D eigenvalue weighted by atomic mass is 10.2. The van der Waals surface area contributed by atoms with Gasteiger partial charge in [0.15, 0.2) is 0 Å². The highest BCUT2D eigenvalue weighted by atomic mass is 35.5. The third-order valence-corrected chi connectivity index (χ3v) is 4.04. The molecule has 0 heterocycles. The molecule has 0 N–H and O–H groups in total. The average Bonchev–Trinajstić information content (AvgIpc) is 2.39. The van der Waals surface area contributed by atoms with Crippen LogP contribution >= 0.6 is 23.4 Å². The second kappa shape index (κ2) is 6.08. The summed E-state index contributed by atoms with van der Waals surface area (Å²) in [6.07, 6.45) is 0. The fourth-order valence-corrected chi connectivity index (χ4v) is 2.62. The Morgan fingerprint density at radius 2 is 1.89 bits per heavy atom. The highest BCUT2D eigenvalue weighted by molar-refractivity contribution is 7.98. The summed E-state index contributed by atoms with van der Waals surface area (Å²) < 4.78 is 0. The predicted molar refractivity (Wildman–Crippen MR) is 78.8 cm³/mol. The fourth-order valence-electron chi connectivity index (χ4n) is 1.59. The standard InChI is InChI=1S/C14H12ClNO2S/c1-10-2-5-12(6-3-10)19-9-11-4-7-13(15)14(8-11)16(17)18/h2-8H,9H2,1H3. The summed E-state index contributed by atoms with van der Waals surface area (Å²) in [7, 11) is 0. The Labute approximate surface area is 120 Å². The molecule has 0 atom stereocenters. The van der Waals surface area contributed by atoms with Crippen LogP contribution in [0.15, 0.2) is 47.4 Å². The number of nitro groups is 1. The number of thioether (sulfide) groups is 1. The van der Waals surface area contributed by atoms with Gasteiger partial charge in [0.2, 0.25) is 0 Å². The summed E-state index contributed by atoms with van der Waals surface area (Å²) in [5, 5.41) is 11.0. The highest BCUT2D eigenvalue weighted by Gasteiger charge is 2.12. The van der Waals surface area contributed by atoms with E-state index in [1.165, 1.54) is 11.6 Å². The van der Waals surface area contributed by atoms with Gasteiger partial charge in [-0.05, 0) is 30.7 Å². The lowest BCUT2D eigenvalue weighted by Crippen LogP contribution is -1.91. The molecule has 0 saturated heterocycles. The first-order valence-electron chi connectivity index (χ1n) is 5.68. The van der Waals surface area contributed by atoms with Gasteiger partial charge in [0.05, 0.1) is 4.92 Å². The first kappa shape index (κ1) is 13.9. The molecule has 0 spiro atoms. The van der Waals surface area contributed by atoms with Crippen LogP contribution in [0.25, 0.3) is 0 Å². The zero-order valence-electron chi connectivity index (χ0n) is 10.3. The van der Waals surface area contributed by atoms with Gasteiger partial charge in [-0.3, -0.25) is 10.1 Å². The van der Waals surface area contributed by atoms with Crippen molar-refractivity contribution in [1.29, 1.82) is 0 Å². The Hall–Kier alpha value is -1.52. The van der Waals surface area contributed by atoms with Gasteiger partial charge < -0.3 is 0 Å². The molecule has 2 aromatic rings. The number of hydrogen-bond acceptors (Lipinski definition) is 3. The van der Waals surface area contributed by atoms with E-state index in [1.54, 1.807) is 17.8 Å². The number of halogens is 1. The average molecular weight is 294 g/mol. The molecule has 5 heteroatoms. The smallest absolute Gasteiger partial charge is 0.258 e. The van der Waals surface area contributed by atoms with E-state index in [1.807, 2.05) is 37.3 Å². The molecular weight excluding hydrogens is 282 g/mol. The maximum absolute atomic E-state index is 10.8. The van der Waals surface area contributed by atoms with Gasteiger partial charge in [-0.1, -0.05) is 35.4 Å². The van der Waals surface area contributed by atoms with Crippen molar-refractivity contribution in [2.45, 2.75) is 17.6 Å². The van der Waals surface area contributed by atoms with Crippen LogP contribution in [0.4, 0.5) is 5.69 Å². The molecule has 0 unspecified atom stereocenters. The molecule has 0 aliphatic rings. The van der Waals surface area contributed by atoms with Crippen LogP contribution in [-0.4, -0.2) is 4.92 Å². The summed E-state index contributed by atoms with van der Waals surface area (Å²) >= 11 is 7.42. The first-order valence-corrected chi connectivity index (χ1v) is 7.05. The van der Waals surface area contributed by atoms with Crippen molar-refractivity contribution in [2.24, 2.45) is 0 Å². The number of hydrogen-bond donors (Lipinski definition) is 0. The molecule has 2 aromatic carbocycles. The number of benzene rings is 2. The minimum Gasteiger partial charge on any atom is -0.258 e. The van der Waals surface area contributed by atoms with E-state index in [0.717, 1.165) is 10.5 Å². The molecule has 0 aromatic heterocycles. The normalized spacial score (nSPS) is 10.4. The van der Waals surface area contributed by atoms with Crippen molar-refractivity contribution >= 4 is 29.1 Å². The van der Waals surface area contributed by atoms with Crippen LogP contribution in [0.2, 0.25) is 5.02 Å². The van der Waals surface area contributed by atoms with Crippen LogP contribution in [0.1, 0.15) is 11.1 Å². The van der Waals surface area contributed by atoms with E-state index in [4.69, 9.17) is 11.6 Å². The summed E-state index contributed by atoms with van der Waals surface area (Å²) in [5.74, 6) is 0.682. The predicted octanol–water partition coefficient (Wildman–Crippen LogP) is 4.85. The molecule has 0 aliphatic carbocycles. The molecule has 0 saturated carbocycles. The van der Waals surface area contributed by atoms with Gasteiger partial charge in [0, 0.05) is 16.7 Å². The van der Waals surface area contributed by atoms with Crippen molar-refractivity contribution in [1.82, 2.24) is 0 Å². The van der Waals surface area contributed by atoms with E-state index in [9.17, 15) is 10.1 Å². The van der Waals surface area contributed by atoms with Crippen molar-refractivity contribution in [3.63, 3.8) is 0 Å². The van der Waals surface area contributed by atoms with Crippen LogP contribution in [-0.2, 0) is 5.75 Å². The van der Waals surface area contributed by atoms with Gasteiger partial charge in [-0.15, -0.1) is 11.8 Å². The Kier molecular flexibility index (Phi) is 4.45. The van der Waals surface area contributed by atoms with Crippen molar-refractivity contribution in [2.75, 3.05) is 0 Å². The molecule has 19 heavy (non-hydrogen) atoms. The van der Waals surface area contributed by atoms with Gasteiger partial charge in [0.1, 0.15) is 5.02 Å². The zero-order valence-corrected chi connectivity index (χ0v) is 11.9. The lowest BCUT2D eigenvalue weighted by Gasteiger charge is -2.03. The van der Waals surface area contributed by atoms with E-state index < -0.39 is 4.92 Å². The minimum absolute atomic E-state index is 0.0383. The number of aryl methyl sites for hydroxylation is 1. The topological polar surface area (TPSA) is 43.1 Å². The van der Waals surface area contributed by atoms with Gasteiger partial charge >= 0.3 is 0 Å². The monoisotopic (exact) mass is 293 g/mol. The SMILES string of the molecule is Cc1ccc(SCc2ccc(Cl)c([N+](=O)[O-])c2)cc1. The van der Waals surface area contributed by atoms with E-state index in [-0.39, 0.29) is 10.7 Å². The van der Waals surface area contributed by atoms with Crippen LogP contribution in [0, 0.1) is 17.0 Å². The second-order valence-corrected chi connectivity index (χ2v) is 5.60. The van der Waals surface area contributed by atoms with Gasteiger partial charge in [-0.2, -0.15) is 0 Å². The zero-order chi connectivity index (χ0) is 13.8. The highest BCUT2D eigenvalue weighted by Crippen LogP contribution is 2.29. The van der Waals surface area contributed by atoms with Gasteiger partial charge in [0.25, 0.3) is 5.69 Å². The number of nitrogens with zero attached hydrogens (tertiary/aromatic N) is 1. The van der Waals surface area contributed by atoms with Crippen molar-refractivity contribution in [3.05, 3.63) is 68.7 Å². The summed E-state index contributed by atoms with van der Waals surface area (Å²) in [5.41, 5.74) is 2.07. The Morgan fingerprint density at radius 3 is 2.53 bits per heavy atom. The number of rotatable bonds is 4. The molecule has 0 aliphatic heterocycles. The maximum Gasteiger partial charge on any atom is 0.288 e. The molecule has 3 nitrogen and oxygen atoms in total. The third-order valence-electron chi connectivity index (χ3n) is 2.63. The molecule has 2 rings (SSSR count). The molecular formula is C14H12ClNO2S. The number of nitro benzene ring substituents is 1.